The molecule has 2 rings (SSSR count). The Morgan fingerprint density at radius 3 is 1.78 bits per heavy atom. The molecule has 2 aromatic carbocycles. The summed E-state index contributed by atoms with van der Waals surface area (Å²) in [5.41, 5.74) is 4.68. The lowest BCUT2D eigenvalue weighted by Gasteiger charge is -2.26. The lowest BCUT2D eigenvalue weighted by atomic mass is 9.79. The van der Waals surface area contributed by atoms with E-state index in [2.05, 4.69) is 13.8 Å². The Hall–Kier alpha value is -2.16. The zero-order valence-electron chi connectivity index (χ0n) is 14.7. The van der Waals surface area contributed by atoms with Gasteiger partial charge in [-0.1, -0.05) is 31.5 Å². The van der Waals surface area contributed by atoms with Gasteiger partial charge in [-0.05, 0) is 50.8 Å². The van der Waals surface area contributed by atoms with E-state index in [0.29, 0.717) is 5.56 Å². The van der Waals surface area contributed by atoms with Gasteiger partial charge in [0.1, 0.15) is 17.2 Å². The molecule has 1 atom stereocenters. The molecule has 0 spiro atoms. The average Bonchev–Trinajstić information content (AvgIpc) is 2.47. The van der Waals surface area contributed by atoms with Crippen molar-refractivity contribution in [1.82, 2.24) is 0 Å². The van der Waals surface area contributed by atoms with Crippen molar-refractivity contribution in [3.8, 4) is 17.2 Å². The van der Waals surface area contributed by atoms with Gasteiger partial charge in [0.05, 0.1) is 0 Å². The minimum Gasteiger partial charge on any atom is -0.507 e. The summed E-state index contributed by atoms with van der Waals surface area (Å²) < 4.78 is 0. The summed E-state index contributed by atoms with van der Waals surface area (Å²) in [5, 5.41) is 31.2. The first-order valence-electron chi connectivity index (χ1n) is 7.97. The quantitative estimate of drug-likeness (QED) is 0.761. The number of hydrogen-bond acceptors (Lipinski definition) is 3. The predicted molar refractivity (Wildman–Crippen MR) is 93.5 cm³/mol. The van der Waals surface area contributed by atoms with Crippen LogP contribution in [0.15, 0.2) is 18.2 Å². The molecule has 0 aliphatic carbocycles. The number of rotatable bonds is 3. The van der Waals surface area contributed by atoms with Crippen LogP contribution < -0.4 is 0 Å². The van der Waals surface area contributed by atoms with Crippen LogP contribution in [0.1, 0.15) is 53.1 Å². The molecule has 0 heterocycles. The van der Waals surface area contributed by atoms with Gasteiger partial charge in [-0.25, -0.2) is 0 Å². The third-order valence-corrected chi connectivity index (χ3v) is 4.54. The van der Waals surface area contributed by atoms with Crippen LogP contribution in [0.3, 0.4) is 0 Å². The Labute approximate surface area is 138 Å². The second kappa shape index (κ2) is 6.15. The Morgan fingerprint density at radius 1 is 0.696 bits per heavy atom. The van der Waals surface area contributed by atoms with E-state index in [4.69, 9.17) is 0 Å². The number of phenols is 3. The van der Waals surface area contributed by atoms with E-state index < -0.39 is 0 Å². The number of phenolic OH excluding ortho intramolecular Hbond substituents is 3. The van der Waals surface area contributed by atoms with Crippen LogP contribution in [0.5, 0.6) is 17.2 Å². The van der Waals surface area contributed by atoms with Crippen molar-refractivity contribution in [3.63, 3.8) is 0 Å². The molecule has 0 radical (unpaired) electrons. The molecule has 0 bridgehead atoms. The van der Waals surface area contributed by atoms with Crippen LogP contribution in [0.25, 0.3) is 0 Å². The molecule has 0 fully saturated rings. The van der Waals surface area contributed by atoms with E-state index in [1.807, 2.05) is 39.0 Å². The van der Waals surface area contributed by atoms with Crippen LogP contribution in [-0.2, 0) is 0 Å². The molecule has 0 saturated carbocycles. The Morgan fingerprint density at radius 2 is 1.22 bits per heavy atom. The Kier molecular flexibility index (Phi) is 4.60. The molecule has 124 valence electrons. The fourth-order valence-electron chi connectivity index (χ4n) is 3.35. The van der Waals surface area contributed by atoms with Crippen LogP contribution >= 0.6 is 0 Å². The van der Waals surface area contributed by atoms with E-state index in [9.17, 15) is 15.3 Å². The monoisotopic (exact) mass is 314 g/mol. The zero-order chi connectivity index (χ0) is 17.5. The molecule has 3 N–H and O–H groups in total. The SMILES string of the molecule is Cc1cc(C)c(O)c(C(c2cc(C)c(O)c(C)c2O)C(C)C)c1. The molecule has 2 aromatic rings. The first-order chi connectivity index (χ1) is 10.6. The highest BCUT2D eigenvalue weighted by Gasteiger charge is 2.27. The van der Waals surface area contributed by atoms with Crippen LogP contribution in [-0.4, -0.2) is 15.3 Å². The van der Waals surface area contributed by atoms with Crippen molar-refractivity contribution in [2.45, 2.75) is 47.5 Å². The maximum absolute atomic E-state index is 10.6. The van der Waals surface area contributed by atoms with Crippen molar-refractivity contribution in [3.05, 3.63) is 51.6 Å². The van der Waals surface area contributed by atoms with Crippen molar-refractivity contribution >= 4 is 0 Å². The summed E-state index contributed by atoms with van der Waals surface area (Å²) >= 11 is 0. The van der Waals surface area contributed by atoms with E-state index in [1.165, 1.54) is 0 Å². The van der Waals surface area contributed by atoms with Gasteiger partial charge in [0.25, 0.3) is 0 Å². The summed E-state index contributed by atoms with van der Waals surface area (Å²) in [4.78, 5) is 0. The normalized spacial score (nSPS) is 12.7. The summed E-state index contributed by atoms with van der Waals surface area (Å²) in [6, 6.07) is 5.74. The second-order valence-electron chi connectivity index (χ2n) is 6.85. The number of aromatic hydroxyl groups is 3. The summed E-state index contributed by atoms with van der Waals surface area (Å²) in [6.07, 6.45) is 0. The second-order valence-corrected chi connectivity index (χ2v) is 6.85. The lowest BCUT2D eigenvalue weighted by molar-refractivity contribution is 0.420. The fraction of sp³-hybridized carbons (Fsp3) is 0.400. The zero-order valence-corrected chi connectivity index (χ0v) is 14.7. The maximum atomic E-state index is 10.6. The third-order valence-electron chi connectivity index (χ3n) is 4.54. The molecule has 0 amide bonds. The highest BCUT2D eigenvalue weighted by molar-refractivity contribution is 5.57. The molecule has 1 unspecified atom stereocenters. The largest absolute Gasteiger partial charge is 0.507 e. The molecule has 23 heavy (non-hydrogen) atoms. The molecule has 0 saturated heterocycles. The summed E-state index contributed by atoms with van der Waals surface area (Å²) in [5.74, 6) is 0.531. The van der Waals surface area contributed by atoms with Gasteiger partial charge < -0.3 is 15.3 Å². The fourth-order valence-corrected chi connectivity index (χ4v) is 3.35. The number of benzene rings is 2. The smallest absolute Gasteiger partial charge is 0.126 e. The molecule has 0 aromatic heterocycles. The molecule has 3 heteroatoms. The molecule has 3 nitrogen and oxygen atoms in total. The lowest BCUT2D eigenvalue weighted by Crippen LogP contribution is -2.11. The highest BCUT2D eigenvalue weighted by atomic mass is 16.3. The van der Waals surface area contributed by atoms with Gasteiger partial charge in [0, 0.05) is 22.6 Å². The summed E-state index contributed by atoms with van der Waals surface area (Å²) in [7, 11) is 0. The Balaban J connectivity index is 2.76. The number of aryl methyl sites for hydroxylation is 3. The van der Waals surface area contributed by atoms with Crippen LogP contribution in [0.4, 0.5) is 0 Å². The highest BCUT2D eigenvalue weighted by Crippen LogP contribution is 2.45. The summed E-state index contributed by atoms with van der Waals surface area (Å²) in [6.45, 7) is 11.6. The predicted octanol–water partition coefficient (Wildman–Crippen LogP) is 4.82. The van der Waals surface area contributed by atoms with Gasteiger partial charge >= 0.3 is 0 Å². The van der Waals surface area contributed by atoms with Gasteiger partial charge in [0.2, 0.25) is 0 Å². The standard InChI is InChI=1S/C20H26O3/c1-10(2)17(15-8-11(3)7-12(4)19(15)22)16-9-13(5)18(21)14(6)20(16)23/h7-10,17,21-23H,1-6H3. The molecule has 0 aliphatic rings. The minimum absolute atomic E-state index is 0.102. The molecular weight excluding hydrogens is 288 g/mol. The van der Waals surface area contributed by atoms with Crippen LogP contribution in [0, 0.1) is 33.6 Å². The van der Waals surface area contributed by atoms with Crippen molar-refractivity contribution in [2.24, 2.45) is 5.92 Å². The Bertz CT molecular complexity index is 745. The van der Waals surface area contributed by atoms with E-state index in [0.717, 1.165) is 27.8 Å². The average molecular weight is 314 g/mol. The minimum atomic E-state index is -0.147. The van der Waals surface area contributed by atoms with Crippen molar-refractivity contribution < 1.29 is 15.3 Å². The third kappa shape index (κ3) is 3.00. The molecule has 0 aliphatic heterocycles. The van der Waals surface area contributed by atoms with Gasteiger partial charge in [-0.15, -0.1) is 0 Å². The first-order valence-corrected chi connectivity index (χ1v) is 7.97. The van der Waals surface area contributed by atoms with Gasteiger partial charge in [-0.2, -0.15) is 0 Å². The van der Waals surface area contributed by atoms with E-state index >= 15 is 0 Å². The number of hydrogen-bond donors (Lipinski definition) is 3. The van der Waals surface area contributed by atoms with Gasteiger partial charge in [0.15, 0.2) is 0 Å². The topological polar surface area (TPSA) is 60.7 Å². The first kappa shape index (κ1) is 17.2. The maximum Gasteiger partial charge on any atom is 0.126 e. The van der Waals surface area contributed by atoms with E-state index in [1.54, 1.807) is 6.92 Å². The van der Waals surface area contributed by atoms with E-state index in [-0.39, 0.29) is 29.1 Å². The van der Waals surface area contributed by atoms with Crippen molar-refractivity contribution in [2.75, 3.05) is 0 Å². The van der Waals surface area contributed by atoms with Crippen molar-refractivity contribution in [1.29, 1.82) is 0 Å². The van der Waals surface area contributed by atoms with Gasteiger partial charge in [-0.3, -0.25) is 0 Å². The van der Waals surface area contributed by atoms with Crippen LogP contribution in [0.2, 0.25) is 0 Å². The molecular formula is C20H26O3.